The van der Waals surface area contributed by atoms with E-state index >= 15 is 0 Å². The Balaban J connectivity index is 2.00. The highest BCUT2D eigenvalue weighted by molar-refractivity contribution is 7.90. The van der Waals surface area contributed by atoms with Crippen LogP contribution < -0.4 is 0 Å². The summed E-state index contributed by atoms with van der Waals surface area (Å²) < 4.78 is 29.5. The topological polar surface area (TPSA) is 78.3 Å². The monoisotopic (exact) mass is 344 g/mol. The average molecular weight is 344 g/mol. The minimum Gasteiger partial charge on any atom is -0.464 e. The van der Waals surface area contributed by atoms with E-state index in [4.69, 9.17) is 4.74 Å². The summed E-state index contributed by atoms with van der Waals surface area (Å²) >= 11 is 0. The minimum absolute atomic E-state index is 0.265. The van der Waals surface area contributed by atoms with Gasteiger partial charge >= 0.3 is 5.97 Å². The SMILES string of the molecule is COC(=O)c1nn(Cc2ccc(S(C)(=O)=O)cc2)c2ccccc12. The molecule has 0 atom stereocenters. The molecule has 24 heavy (non-hydrogen) atoms. The Morgan fingerprint density at radius 2 is 1.79 bits per heavy atom. The van der Waals surface area contributed by atoms with E-state index in [1.807, 2.05) is 24.3 Å². The van der Waals surface area contributed by atoms with E-state index in [0.29, 0.717) is 6.54 Å². The highest BCUT2D eigenvalue weighted by atomic mass is 32.2. The van der Waals surface area contributed by atoms with Crippen molar-refractivity contribution in [3.63, 3.8) is 0 Å². The molecule has 1 heterocycles. The lowest BCUT2D eigenvalue weighted by Crippen LogP contribution is -2.06. The molecule has 124 valence electrons. The molecule has 0 bridgehead atoms. The second-order valence-electron chi connectivity index (χ2n) is 5.43. The molecular weight excluding hydrogens is 328 g/mol. The van der Waals surface area contributed by atoms with Crippen LogP contribution in [0.25, 0.3) is 10.9 Å². The van der Waals surface area contributed by atoms with Crippen molar-refractivity contribution in [3.05, 3.63) is 59.8 Å². The van der Waals surface area contributed by atoms with Crippen LogP contribution >= 0.6 is 0 Å². The van der Waals surface area contributed by atoms with Crippen LogP contribution in [-0.4, -0.2) is 37.5 Å². The lowest BCUT2D eigenvalue weighted by atomic mass is 10.2. The van der Waals surface area contributed by atoms with Gasteiger partial charge < -0.3 is 4.74 Å². The number of carbonyl (C=O) groups is 1. The standard InChI is InChI=1S/C17H16N2O4S/c1-23-17(20)16-14-5-3-4-6-15(14)19(18-16)11-12-7-9-13(10-8-12)24(2,21)22/h3-10H,11H2,1-2H3. The fourth-order valence-corrected chi connectivity index (χ4v) is 3.14. The molecule has 3 aromatic rings. The zero-order valence-electron chi connectivity index (χ0n) is 13.3. The Morgan fingerprint density at radius 1 is 1.12 bits per heavy atom. The zero-order valence-corrected chi connectivity index (χ0v) is 14.1. The molecule has 0 amide bonds. The summed E-state index contributed by atoms with van der Waals surface area (Å²) in [6.07, 6.45) is 1.17. The molecule has 7 heteroatoms. The fraction of sp³-hybridized carbons (Fsp3) is 0.176. The maximum Gasteiger partial charge on any atom is 0.359 e. The smallest absolute Gasteiger partial charge is 0.359 e. The molecule has 0 fully saturated rings. The van der Waals surface area contributed by atoms with Gasteiger partial charge in [0.1, 0.15) is 0 Å². The van der Waals surface area contributed by atoms with Crippen molar-refractivity contribution < 1.29 is 17.9 Å². The number of hydrogen-bond acceptors (Lipinski definition) is 5. The molecule has 3 rings (SSSR count). The van der Waals surface area contributed by atoms with Gasteiger partial charge in [-0.25, -0.2) is 13.2 Å². The summed E-state index contributed by atoms with van der Waals surface area (Å²) in [5.74, 6) is -0.489. The van der Waals surface area contributed by atoms with Crippen LogP contribution in [0.4, 0.5) is 0 Å². The summed E-state index contributed by atoms with van der Waals surface area (Å²) in [4.78, 5) is 12.2. The molecule has 0 aliphatic heterocycles. The van der Waals surface area contributed by atoms with Crippen molar-refractivity contribution >= 4 is 26.7 Å². The first-order valence-corrected chi connectivity index (χ1v) is 9.12. The van der Waals surface area contributed by atoms with Crippen molar-refractivity contribution in [1.29, 1.82) is 0 Å². The van der Waals surface area contributed by atoms with E-state index < -0.39 is 15.8 Å². The van der Waals surface area contributed by atoms with Crippen LogP contribution in [0.15, 0.2) is 53.4 Å². The fourth-order valence-electron chi connectivity index (χ4n) is 2.51. The number of aromatic nitrogens is 2. The number of carbonyl (C=O) groups excluding carboxylic acids is 1. The van der Waals surface area contributed by atoms with Crippen LogP contribution in [0.5, 0.6) is 0 Å². The quantitative estimate of drug-likeness (QED) is 0.679. The molecular formula is C17H16N2O4S. The van der Waals surface area contributed by atoms with Gasteiger partial charge in [0.25, 0.3) is 0 Å². The lowest BCUT2D eigenvalue weighted by Gasteiger charge is -2.05. The van der Waals surface area contributed by atoms with Crippen molar-refractivity contribution in [2.45, 2.75) is 11.4 Å². The van der Waals surface area contributed by atoms with E-state index in [0.717, 1.165) is 16.5 Å². The summed E-state index contributed by atoms with van der Waals surface area (Å²) in [6.45, 7) is 0.418. The number of sulfone groups is 1. The van der Waals surface area contributed by atoms with E-state index in [9.17, 15) is 13.2 Å². The van der Waals surface area contributed by atoms with E-state index in [1.54, 1.807) is 28.9 Å². The molecule has 6 nitrogen and oxygen atoms in total. The van der Waals surface area contributed by atoms with Crippen molar-refractivity contribution in [2.24, 2.45) is 0 Å². The van der Waals surface area contributed by atoms with Crippen LogP contribution in [0, 0.1) is 0 Å². The molecule has 0 unspecified atom stereocenters. The molecule has 2 aromatic carbocycles. The Morgan fingerprint density at radius 3 is 2.42 bits per heavy atom. The van der Waals surface area contributed by atoms with Gasteiger partial charge in [-0.05, 0) is 23.8 Å². The Kier molecular flexibility index (Phi) is 4.11. The van der Waals surface area contributed by atoms with E-state index in [1.165, 1.54) is 13.4 Å². The third-order valence-electron chi connectivity index (χ3n) is 3.72. The predicted molar refractivity (Wildman–Crippen MR) is 89.7 cm³/mol. The van der Waals surface area contributed by atoms with Crippen LogP contribution in [0.3, 0.4) is 0 Å². The largest absolute Gasteiger partial charge is 0.464 e. The average Bonchev–Trinajstić information content (AvgIpc) is 2.93. The minimum atomic E-state index is -3.22. The molecule has 0 radical (unpaired) electrons. The van der Waals surface area contributed by atoms with Gasteiger partial charge in [-0.15, -0.1) is 0 Å². The van der Waals surface area contributed by atoms with E-state index in [-0.39, 0.29) is 10.6 Å². The highest BCUT2D eigenvalue weighted by Gasteiger charge is 2.17. The van der Waals surface area contributed by atoms with Gasteiger partial charge in [0.15, 0.2) is 15.5 Å². The second kappa shape index (κ2) is 6.09. The Hall–Kier alpha value is -2.67. The number of methoxy groups -OCH3 is 1. The van der Waals surface area contributed by atoms with Crippen LogP contribution in [0.1, 0.15) is 16.1 Å². The first-order chi connectivity index (χ1) is 11.4. The first kappa shape index (κ1) is 16.2. The lowest BCUT2D eigenvalue weighted by molar-refractivity contribution is 0.0595. The summed E-state index contributed by atoms with van der Waals surface area (Å²) in [6, 6.07) is 14.0. The molecule has 0 aliphatic carbocycles. The molecule has 0 saturated carbocycles. The van der Waals surface area contributed by atoms with Gasteiger partial charge in [0.05, 0.1) is 24.1 Å². The normalized spacial score (nSPS) is 11.6. The number of ether oxygens (including phenoxy) is 1. The zero-order chi connectivity index (χ0) is 17.3. The Bertz CT molecular complexity index is 1000. The number of nitrogens with zero attached hydrogens (tertiary/aromatic N) is 2. The van der Waals surface area contributed by atoms with Crippen LogP contribution in [0.2, 0.25) is 0 Å². The second-order valence-corrected chi connectivity index (χ2v) is 7.45. The van der Waals surface area contributed by atoms with Gasteiger partial charge in [-0.1, -0.05) is 30.3 Å². The van der Waals surface area contributed by atoms with Crippen molar-refractivity contribution in [2.75, 3.05) is 13.4 Å². The highest BCUT2D eigenvalue weighted by Crippen LogP contribution is 2.20. The number of rotatable bonds is 4. The predicted octanol–water partition coefficient (Wildman–Crippen LogP) is 2.27. The number of para-hydroxylation sites is 1. The number of benzene rings is 2. The van der Waals surface area contributed by atoms with Crippen molar-refractivity contribution in [3.8, 4) is 0 Å². The molecule has 0 N–H and O–H groups in total. The summed E-state index contributed by atoms with van der Waals surface area (Å²) in [5.41, 5.74) is 1.96. The molecule has 0 spiro atoms. The molecule has 0 saturated heterocycles. The first-order valence-electron chi connectivity index (χ1n) is 7.23. The van der Waals surface area contributed by atoms with E-state index in [2.05, 4.69) is 5.10 Å². The number of fused-ring (bicyclic) bond motifs is 1. The third kappa shape index (κ3) is 3.03. The third-order valence-corrected chi connectivity index (χ3v) is 4.85. The molecule has 0 aliphatic rings. The maximum absolute atomic E-state index is 11.9. The van der Waals surface area contributed by atoms with Crippen molar-refractivity contribution in [1.82, 2.24) is 9.78 Å². The number of hydrogen-bond donors (Lipinski definition) is 0. The summed E-state index contributed by atoms with van der Waals surface area (Å²) in [5, 5.41) is 5.07. The molecule has 1 aromatic heterocycles. The van der Waals surface area contributed by atoms with Crippen LogP contribution in [-0.2, 0) is 21.1 Å². The van der Waals surface area contributed by atoms with Gasteiger partial charge in [0, 0.05) is 11.6 Å². The van der Waals surface area contributed by atoms with Gasteiger partial charge in [0.2, 0.25) is 0 Å². The number of esters is 1. The van der Waals surface area contributed by atoms with Gasteiger partial charge in [-0.2, -0.15) is 5.10 Å². The summed E-state index contributed by atoms with van der Waals surface area (Å²) in [7, 11) is -1.90. The maximum atomic E-state index is 11.9. The Labute approximate surface area is 139 Å². The van der Waals surface area contributed by atoms with Gasteiger partial charge in [-0.3, -0.25) is 4.68 Å².